The molecule has 2 atom stereocenters. The van der Waals surface area contributed by atoms with Gasteiger partial charge in [-0.1, -0.05) is 132 Å². The van der Waals surface area contributed by atoms with Gasteiger partial charge in [-0.15, -0.1) is 0 Å². The fourth-order valence-corrected chi connectivity index (χ4v) is 9.58. The first kappa shape index (κ1) is 29.3. The van der Waals surface area contributed by atoms with E-state index in [1.807, 2.05) is 0 Å². The Morgan fingerprint density at radius 3 is 2.41 bits per heavy atom. The van der Waals surface area contributed by atoms with Gasteiger partial charge in [-0.05, 0) is 101 Å². The molecule has 0 bridgehead atoms. The lowest BCUT2D eigenvalue weighted by Crippen LogP contribution is -2.32. The predicted molar refractivity (Wildman–Crippen MR) is 196 cm³/mol. The highest BCUT2D eigenvalue weighted by Crippen LogP contribution is 2.65. The van der Waals surface area contributed by atoms with E-state index in [0.29, 0.717) is 5.92 Å². The Balaban J connectivity index is 1.40. The zero-order valence-corrected chi connectivity index (χ0v) is 28.9. The third-order valence-corrected chi connectivity index (χ3v) is 11.9. The van der Waals surface area contributed by atoms with Gasteiger partial charge < -0.3 is 4.90 Å². The minimum absolute atomic E-state index is 0.00499. The van der Waals surface area contributed by atoms with Crippen molar-refractivity contribution >= 4 is 11.3 Å². The minimum atomic E-state index is -0.114. The van der Waals surface area contributed by atoms with Crippen molar-refractivity contribution in [1.82, 2.24) is 0 Å². The second-order valence-corrected chi connectivity index (χ2v) is 15.7. The maximum absolute atomic E-state index is 2.63. The second-order valence-electron chi connectivity index (χ2n) is 15.7. The minimum Gasteiger partial charge on any atom is -0.314 e. The summed E-state index contributed by atoms with van der Waals surface area (Å²) in [6.45, 7) is 19.1. The van der Waals surface area contributed by atoms with Crippen LogP contribution in [0.2, 0.25) is 0 Å². The molecule has 4 aliphatic carbocycles. The van der Waals surface area contributed by atoms with E-state index in [4.69, 9.17) is 0 Å². The molecule has 1 aliphatic heterocycles. The van der Waals surface area contributed by atoms with Crippen LogP contribution in [-0.2, 0) is 16.2 Å². The Morgan fingerprint density at radius 1 is 0.870 bits per heavy atom. The Morgan fingerprint density at radius 2 is 1.65 bits per heavy atom. The first-order chi connectivity index (χ1) is 21.9. The molecule has 46 heavy (non-hydrogen) atoms. The summed E-state index contributed by atoms with van der Waals surface area (Å²) in [7, 11) is 0. The van der Waals surface area contributed by atoms with Crippen molar-refractivity contribution in [3.05, 3.63) is 153 Å². The molecule has 0 saturated carbocycles. The molecular formula is C45H47N. The van der Waals surface area contributed by atoms with Crippen molar-refractivity contribution in [2.24, 2.45) is 5.92 Å². The van der Waals surface area contributed by atoms with Crippen LogP contribution in [0.25, 0.3) is 16.7 Å². The van der Waals surface area contributed by atoms with E-state index in [0.717, 1.165) is 19.3 Å². The number of anilines is 1. The standard InChI is InChI=1S/C45H47N/c1-9-10-16-33-23-31-19-17-29(3)22-39(31)46(33)40-25-32(30-14-12-11-13-15-30)24-35-34-26-41-43(4,5)37-21-28(2)18-20-36(37)45(41,8)27-38(34)44(6,7)42(35)40/h9-16,18-22,24-26,29H,17,23,27H2,1-8H3/b10-9-,33-16+. The highest BCUT2D eigenvalue weighted by Gasteiger charge is 2.55. The largest absolute Gasteiger partial charge is 0.314 e. The monoisotopic (exact) mass is 601 g/mol. The van der Waals surface area contributed by atoms with Crippen LogP contribution in [0.1, 0.15) is 95.5 Å². The Kier molecular flexibility index (Phi) is 6.34. The van der Waals surface area contributed by atoms with Crippen LogP contribution in [0.5, 0.6) is 0 Å². The number of allylic oxidation sites excluding steroid dienone is 11. The van der Waals surface area contributed by atoms with Crippen molar-refractivity contribution in [3.8, 4) is 11.1 Å². The molecule has 1 saturated heterocycles. The summed E-state index contributed by atoms with van der Waals surface area (Å²) < 4.78 is 0. The summed E-state index contributed by atoms with van der Waals surface area (Å²) in [5, 5.41) is 0. The summed E-state index contributed by atoms with van der Waals surface area (Å²) in [5.41, 5.74) is 19.9. The average molecular weight is 602 g/mol. The molecule has 1 heteroatoms. The maximum atomic E-state index is 2.63. The normalized spacial score (nSPS) is 26.0. The van der Waals surface area contributed by atoms with E-state index in [-0.39, 0.29) is 16.2 Å². The summed E-state index contributed by atoms with van der Waals surface area (Å²) in [5.74, 6) is 0.530. The molecule has 1 heterocycles. The van der Waals surface area contributed by atoms with Gasteiger partial charge in [0.2, 0.25) is 0 Å². The van der Waals surface area contributed by atoms with Crippen molar-refractivity contribution in [2.45, 2.75) is 90.9 Å². The highest BCUT2D eigenvalue weighted by molar-refractivity contribution is 5.96. The zero-order valence-electron chi connectivity index (χ0n) is 28.9. The van der Waals surface area contributed by atoms with Crippen LogP contribution < -0.4 is 4.90 Å². The summed E-state index contributed by atoms with van der Waals surface area (Å²) in [6, 6.07) is 23.2. The van der Waals surface area contributed by atoms with Gasteiger partial charge in [0, 0.05) is 34.1 Å². The van der Waals surface area contributed by atoms with Gasteiger partial charge in [-0.3, -0.25) is 0 Å². The number of nitrogens with zero attached hydrogens (tertiary/aromatic N) is 1. The van der Waals surface area contributed by atoms with E-state index < -0.39 is 0 Å². The van der Waals surface area contributed by atoms with Gasteiger partial charge >= 0.3 is 0 Å². The fourth-order valence-electron chi connectivity index (χ4n) is 9.58. The second kappa shape index (κ2) is 9.95. The molecule has 0 aromatic heterocycles. The number of aryl methyl sites for hydroxylation is 1. The summed E-state index contributed by atoms with van der Waals surface area (Å²) in [4.78, 5) is 2.63. The van der Waals surface area contributed by atoms with Gasteiger partial charge in [0.15, 0.2) is 0 Å². The van der Waals surface area contributed by atoms with Crippen molar-refractivity contribution in [1.29, 1.82) is 0 Å². The molecule has 8 rings (SSSR count). The molecule has 0 radical (unpaired) electrons. The molecular weight excluding hydrogens is 555 g/mol. The van der Waals surface area contributed by atoms with Gasteiger partial charge in [0.25, 0.3) is 0 Å². The number of hydrogen-bond donors (Lipinski definition) is 0. The smallest absolute Gasteiger partial charge is 0.0511 e. The van der Waals surface area contributed by atoms with Gasteiger partial charge in [-0.2, -0.15) is 0 Å². The lowest BCUT2D eigenvalue weighted by Gasteiger charge is -2.39. The van der Waals surface area contributed by atoms with E-state index >= 15 is 0 Å². The van der Waals surface area contributed by atoms with E-state index in [2.05, 4.69) is 157 Å². The first-order valence-electron chi connectivity index (χ1n) is 17.3. The number of fused-ring (bicyclic) bond motifs is 6. The van der Waals surface area contributed by atoms with Crippen molar-refractivity contribution in [3.63, 3.8) is 0 Å². The quantitative estimate of drug-likeness (QED) is 0.289. The molecule has 1 fully saturated rings. The third kappa shape index (κ3) is 4.00. The van der Waals surface area contributed by atoms with Gasteiger partial charge in [0.1, 0.15) is 0 Å². The molecule has 0 spiro atoms. The molecule has 1 nitrogen and oxygen atoms in total. The molecule has 5 aliphatic rings. The van der Waals surface area contributed by atoms with Crippen LogP contribution in [0.15, 0.2) is 125 Å². The fraction of sp³-hybridized carbons (Fsp3) is 0.333. The SMILES string of the molecule is C/C=C\C=C1/CC2=CCC(C)C=C2N1c1cc(-c2ccccc2)cc2c1C(C)(C)C1=C2C=C2C(C)(C)c3cc(C)ccc3C2(C)C1. The van der Waals surface area contributed by atoms with Crippen LogP contribution in [0, 0.1) is 12.8 Å². The number of benzene rings is 3. The van der Waals surface area contributed by atoms with E-state index in [9.17, 15) is 0 Å². The summed E-state index contributed by atoms with van der Waals surface area (Å²) in [6.07, 6.45) is 17.5. The molecule has 2 unspecified atom stereocenters. The van der Waals surface area contributed by atoms with Crippen LogP contribution in [0.3, 0.4) is 0 Å². The topological polar surface area (TPSA) is 3.24 Å². The van der Waals surface area contributed by atoms with Crippen LogP contribution >= 0.6 is 0 Å². The average Bonchev–Trinajstić information content (AvgIpc) is 3.56. The van der Waals surface area contributed by atoms with Crippen molar-refractivity contribution < 1.29 is 0 Å². The molecule has 0 amide bonds. The van der Waals surface area contributed by atoms with Gasteiger partial charge in [0.05, 0.1) is 5.69 Å². The van der Waals surface area contributed by atoms with Crippen LogP contribution in [-0.4, -0.2) is 0 Å². The van der Waals surface area contributed by atoms with Gasteiger partial charge in [-0.25, -0.2) is 0 Å². The molecule has 3 aromatic rings. The highest BCUT2D eigenvalue weighted by atomic mass is 15.2. The molecule has 3 aromatic carbocycles. The lowest BCUT2D eigenvalue weighted by molar-refractivity contribution is 0.469. The maximum Gasteiger partial charge on any atom is 0.0511 e. The van der Waals surface area contributed by atoms with E-state index in [1.165, 1.54) is 67.2 Å². The Hall–Kier alpha value is -4.10. The molecule has 0 N–H and O–H groups in total. The number of hydrogen-bond acceptors (Lipinski definition) is 1. The Bertz CT molecular complexity index is 2000. The first-order valence-corrected chi connectivity index (χ1v) is 17.3. The Labute approximate surface area is 276 Å². The van der Waals surface area contributed by atoms with E-state index in [1.54, 1.807) is 11.1 Å². The third-order valence-electron chi connectivity index (χ3n) is 11.9. The van der Waals surface area contributed by atoms with Crippen molar-refractivity contribution in [2.75, 3.05) is 4.90 Å². The molecule has 232 valence electrons. The summed E-state index contributed by atoms with van der Waals surface area (Å²) >= 11 is 0. The predicted octanol–water partition coefficient (Wildman–Crippen LogP) is 11.8. The zero-order chi connectivity index (χ0) is 32.2. The van der Waals surface area contributed by atoms with Crippen LogP contribution in [0.4, 0.5) is 5.69 Å². The lowest BCUT2D eigenvalue weighted by atomic mass is 9.64. The number of rotatable bonds is 3.